The van der Waals surface area contributed by atoms with Crippen LogP contribution in [0, 0.1) is 4.77 Å². The molecule has 3 aromatic rings. The van der Waals surface area contributed by atoms with E-state index in [2.05, 4.69) is 34.0 Å². The minimum absolute atomic E-state index is 0.141. The van der Waals surface area contributed by atoms with E-state index in [1.165, 1.54) is 0 Å². The topological polar surface area (TPSA) is 83.0 Å². The summed E-state index contributed by atoms with van der Waals surface area (Å²) < 4.78 is 1.94. The molecule has 152 valence electrons. The van der Waals surface area contributed by atoms with Crippen LogP contribution in [0.3, 0.4) is 0 Å². The van der Waals surface area contributed by atoms with Gasteiger partial charge in [0.05, 0.1) is 10.9 Å². The van der Waals surface area contributed by atoms with Gasteiger partial charge >= 0.3 is 0 Å². The van der Waals surface area contributed by atoms with Crippen LogP contribution in [0.2, 0.25) is 0 Å². The number of nitrogens with zero attached hydrogens (tertiary/aromatic N) is 3. The molecule has 0 fully saturated rings. The number of pyridine rings is 1. The van der Waals surface area contributed by atoms with E-state index in [-0.39, 0.29) is 11.5 Å². The summed E-state index contributed by atoms with van der Waals surface area (Å²) in [5, 5.41) is 3.37. The molecule has 8 heteroatoms. The van der Waals surface area contributed by atoms with Crippen molar-refractivity contribution in [2.24, 2.45) is 0 Å². The molecule has 2 heterocycles. The van der Waals surface area contributed by atoms with Crippen molar-refractivity contribution in [3.05, 3.63) is 69.0 Å². The fraction of sp³-hybridized carbons (Fsp3) is 0.333. The molecule has 2 N–H and O–H groups in total. The molecule has 0 spiro atoms. The van der Waals surface area contributed by atoms with Crippen molar-refractivity contribution in [3.63, 3.8) is 0 Å². The summed E-state index contributed by atoms with van der Waals surface area (Å²) in [7, 11) is 0. The van der Waals surface area contributed by atoms with Crippen LogP contribution in [0.5, 0.6) is 0 Å². The number of benzene rings is 1. The highest BCUT2D eigenvalue weighted by atomic mass is 32.1. The quantitative estimate of drug-likeness (QED) is 0.557. The SMILES string of the molecule is CCN(CC)CCn1c(=S)[nH]c2cc(C(=O)NCc3cccnc3)ccc2c1=O. The average Bonchev–Trinajstić information content (AvgIpc) is 2.75. The second kappa shape index (κ2) is 9.58. The number of nitrogens with one attached hydrogen (secondary N) is 2. The van der Waals surface area contributed by atoms with Crippen molar-refractivity contribution >= 4 is 29.0 Å². The van der Waals surface area contributed by atoms with Crippen LogP contribution >= 0.6 is 12.2 Å². The Morgan fingerprint density at radius 1 is 1.28 bits per heavy atom. The number of fused-ring (bicyclic) bond motifs is 1. The number of amides is 1. The van der Waals surface area contributed by atoms with Crippen molar-refractivity contribution in [3.8, 4) is 0 Å². The van der Waals surface area contributed by atoms with Gasteiger partial charge in [-0.05, 0) is 55.1 Å². The fourth-order valence-corrected chi connectivity index (χ4v) is 3.45. The predicted octanol–water partition coefficient (Wildman–Crippen LogP) is 2.73. The van der Waals surface area contributed by atoms with Crippen LogP contribution < -0.4 is 10.9 Å². The zero-order valence-corrected chi connectivity index (χ0v) is 17.5. The molecule has 0 saturated carbocycles. The highest BCUT2D eigenvalue weighted by Crippen LogP contribution is 2.11. The third-order valence-electron chi connectivity index (χ3n) is 4.95. The Balaban J connectivity index is 1.81. The van der Waals surface area contributed by atoms with Gasteiger partial charge < -0.3 is 15.2 Å². The van der Waals surface area contributed by atoms with Crippen LogP contribution in [0.25, 0.3) is 10.9 Å². The van der Waals surface area contributed by atoms with Crippen LogP contribution in [-0.2, 0) is 13.1 Å². The normalized spacial score (nSPS) is 11.1. The highest BCUT2D eigenvalue weighted by Gasteiger charge is 2.11. The van der Waals surface area contributed by atoms with Gasteiger partial charge in [-0.1, -0.05) is 19.9 Å². The summed E-state index contributed by atoms with van der Waals surface area (Å²) in [4.78, 5) is 34.7. The molecule has 1 aromatic carbocycles. The van der Waals surface area contributed by atoms with Gasteiger partial charge in [0, 0.05) is 37.6 Å². The summed E-state index contributed by atoms with van der Waals surface area (Å²) in [6.07, 6.45) is 3.39. The van der Waals surface area contributed by atoms with E-state index in [1.807, 2.05) is 12.1 Å². The minimum atomic E-state index is -0.221. The summed E-state index contributed by atoms with van der Waals surface area (Å²) >= 11 is 5.40. The highest BCUT2D eigenvalue weighted by molar-refractivity contribution is 7.71. The van der Waals surface area contributed by atoms with Gasteiger partial charge in [0.25, 0.3) is 11.5 Å². The second-order valence-electron chi connectivity index (χ2n) is 6.72. The predicted molar refractivity (Wildman–Crippen MR) is 117 cm³/mol. The minimum Gasteiger partial charge on any atom is -0.348 e. The first-order chi connectivity index (χ1) is 14.0. The summed E-state index contributed by atoms with van der Waals surface area (Å²) in [5.41, 5.74) is 1.80. The Labute approximate surface area is 174 Å². The van der Waals surface area contributed by atoms with Gasteiger partial charge in [-0.3, -0.25) is 19.1 Å². The molecule has 0 saturated heterocycles. The molecule has 29 heavy (non-hydrogen) atoms. The number of carbonyl (C=O) groups is 1. The van der Waals surface area contributed by atoms with Crippen LogP contribution in [-0.4, -0.2) is 45.0 Å². The Kier molecular flexibility index (Phi) is 6.90. The molecular formula is C21H25N5O2S. The zero-order chi connectivity index (χ0) is 20.8. The smallest absolute Gasteiger partial charge is 0.262 e. The molecule has 0 bridgehead atoms. The van der Waals surface area contributed by atoms with E-state index >= 15 is 0 Å². The molecule has 0 aliphatic carbocycles. The van der Waals surface area contributed by atoms with Gasteiger partial charge in [-0.2, -0.15) is 0 Å². The van der Waals surface area contributed by atoms with Crippen LogP contribution in [0.4, 0.5) is 0 Å². The number of rotatable bonds is 8. The maximum absolute atomic E-state index is 12.9. The number of likely N-dealkylation sites (N-methyl/N-ethyl adjacent to an activating group) is 1. The molecule has 7 nitrogen and oxygen atoms in total. The van der Waals surface area contributed by atoms with Crippen LogP contribution in [0.1, 0.15) is 29.8 Å². The van der Waals surface area contributed by atoms with E-state index in [9.17, 15) is 9.59 Å². The van der Waals surface area contributed by atoms with Gasteiger partial charge in [-0.25, -0.2) is 0 Å². The average molecular weight is 412 g/mol. The molecule has 2 aromatic heterocycles. The number of aromatic amines is 1. The largest absolute Gasteiger partial charge is 0.348 e. The Morgan fingerprint density at radius 3 is 2.76 bits per heavy atom. The molecule has 0 radical (unpaired) electrons. The van der Waals surface area contributed by atoms with Gasteiger partial charge in [0.2, 0.25) is 0 Å². The zero-order valence-electron chi connectivity index (χ0n) is 16.6. The lowest BCUT2D eigenvalue weighted by atomic mass is 10.1. The molecule has 0 unspecified atom stereocenters. The molecule has 0 atom stereocenters. The third-order valence-corrected chi connectivity index (χ3v) is 5.28. The van der Waals surface area contributed by atoms with Gasteiger partial charge in [0.1, 0.15) is 0 Å². The molecule has 3 rings (SSSR count). The number of carbonyl (C=O) groups excluding carboxylic acids is 1. The number of H-pyrrole nitrogens is 1. The first-order valence-corrected chi connectivity index (χ1v) is 10.1. The second-order valence-corrected chi connectivity index (χ2v) is 7.10. The lowest BCUT2D eigenvalue weighted by Crippen LogP contribution is -2.31. The van der Waals surface area contributed by atoms with Crippen molar-refractivity contribution in [2.45, 2.75) is 26.9 Å². The molecular weight excluding hydrogens is 386 g/mol. The molecule has 0 aliphatic heterocycles. The van der Waals surface area contributed by atoms with E-state index in [0.717, 1.165) is 25.2 Å². The maximum atomic E-state index is 12.9. The van der Waals surface area contributed by atoms with Crippen LogP contribution in [0.15, 0.2) is 47.5 Å². The van der Waals surface area contributed by atoms with Crippen molar-refractivity contribution in [1.82, 2.24) is 24.8 Å². The summed E-state index contributed by atoms with van der Waals surface area (Å²) in [6.45, 7) is 7.69. The number of hydrogen-bond donors (Lipinski definition) is 2. The van der Waals surface area contributed by atoms with E-state index in [1.54, 1.807) is 35.2 Å². The Bertz CT molecular complexity index is 1100. The lowest BCUT2D eigenvalue weighted by molar-refractivity contribution is 0.0951. The first kappa shape index (κ1) is 20.9. The summed E-state index contributed by atoms with van der Waals surface area (Å²) in [6, 6.07) is 8.72. The van der Waals surface area contributed by atoms with Gasteiger partial charge in [-0.15, -0.1) is 0 Å². The fourth-order valence-electron chi connectivity index (χ4n) is 3.17. The molecule has 1 amide bonds. The van der Waals surface area contributed by atoms with Gasteiger partial charge in [0.15, 0.2) is 4.77 Å². The summed E-state index contributed by atoms with van der Waals surface area (Å²) in [5.74, 6) is -0.221. The third kappa shape index (κ3) is 4.96. The number of hydrogen-bond acceptors (Lipinski definition) is 5. The maximum Gasteiger partial charge on any atom is 0.262 e. The lowest BCUT2D eigenvalue weighted by Gasteiger charge is -2.18. The van der Waals surface area contributed by atoms with E-state index in [4.69, 9.17) is 12.2 Å². The van der Waals surface area contributed by atoms with Crippen molar-refractivity contribution in [2.75, 3.05) is 19.6 Å². The Morgan fingerprint density at radius 2 is 2.07 bits per heavy atom. The monoisotopic (exact) mass is 411 g/mol. The van der Waals surface area contributed by atoms with Crippen molar-refractivity contribution in [1.29, 1.82) is 0 Å². The molecule has 0 aliphatic rings. The first-order valence-electron chi connectivity index (χ1n) is 9.69. The van der Waals surface area contributed by atoms with E-state index in [0.29, 0.717) is 34.3 Å². The van der Waals surface area contributed by atoms with Crippen molar-refractivity contribution < 1.29 is 4.79 Å². The van der Waals surface area contributed by atoms with E-state index < -0.39 is 0 Å². The standard InChI is InChI=1S/C21H25N5O2S/c1-3-25(4-2)10-11-26-20(28)17-8-7-16(12-18(17)24-21(26)29)19(27)23-14-15-6-5-9-22-13-15/h5-9,12-13H,3-4,10-11,14H2,1-2H3,(H,23,27)(H,24,29). The number of aromatic nitrogens is 3. The Hall–Kier alpha value is -2.84.